The Labute approximate surface area is 171 Å². The van der Waals surface area contributed by atoms with E-state index in [4.69, 9.17) is 0 Å². The minimum absolute atomic E-state index is 0.0213. The fourth-order valence-corrected chi connectivity index (χ4v) is 3.89. The van der Waals surface area contributed by atoms with Crippen molar-refractivity contribution in [2.45, 2.75) is 11.8 Å². The molecule has 1 aliphatic rings. The molecule has 144 valence electrons. The molecular weight excluding hydrogens is 356 g/mol. The first-order valence-corrected chi connectivity index (χ1v) is 9.79. The van der Waals surface area contributed by atoms with Gasteiger partial charge in [-0.05, 0) is 29.2 Å². The van der Waals surface area contributed by atoms with Gasteiger partial charge >= 0.3 is 0 Å². The van der Waals surface area contributed by atoms with Crippen molar-refractivity contribution < 1.29 is 4.79 Å². The SMILES string of the molecule is C=C(/C=C/c1ccccc1)NNC(=O)[C@@H]1CC1(c1ccccc1)c1ccccc1. The molecule has 0 aromatic heterocycles. The van der Waals surface area contributed by atoms with E-state index in [9.17, 15) is 4.79 Å². The molecule has 3 aromatic carbocycles. The van der Waals surface area contributed by atoms with Crippen molar-refractivity contribution in [2.75, 3.05) is 0 Å². The van der Waals surface area contributed by atoms with Crippen LogP contribution in [0.4, 0.5) is 0 Å². The smallest absolute Gasteiger partial charge is 0.242 e. The minimum atomic E-state index is -0.268. The summed E-state index contributed by atoms with van der Waals surface area (Å²) in [6, 6.07) is 30.5. The van der Waals surface area contributed by atoms with Gasteiger partial charge in [0.15, 0.2) is 0 Å². The Bertz CT molecular complexity index is 971. The Morgan fingerprint density at radius 3 is 1.90 bits per heavy atom. The second-order valence-corrected chi connectivity index (χ2v) is 7.34. The first-order chi connectivity index (χ1) is 14.2. The van der Waals surface area contributed by atoms with Crippen molar-refractivity contribution in [1.82, 2.24) is 10.9 Å². The van der Waals surface area contributed by atoms with Gasteiger partial charge < -0.3 is 0 Å². The van der Waals surface area contributed by atoms with E-state index in [1.54, 1.807) is 0 Å². The Morgan fingerprint density at radius 2 is 1.34 bits per heavy atom. The van der Waals surface area contributed by atoms with Crippen LogP contribution in [0.5, 0.6) is 0 Å². The highest BCUT2D eigenvalue weighted by atomic mass is 16.2. The van der Waals surface area contributed by atoms with Gasteiger partial charge in [0.1, 0.15) is 0 Å². The van der Waals surface area contributed by atoms with Gasteiger partial charge in [0.25, 0.3) is 0 Å². The number of hydrazine groups is 1. The van der Waals surface area contributed by atoms with Gasteiger partial charge in [-0.1, -0.05) is 104 Å². The molecule has 4 rings (SSSR count). The van der Waals surface area contributed by atoms with Gasteiger partial charge in [-0.15, -0.1) is 0 Å². The van der Waals surface area contributed by atoms with E-state index in [1.165, 1.54) is 11.1 Å². The second-order valence-electron chi connectivity index (χ2n) is 7.34. The van der Waals surface area contributed by atoms with Gasteiger partial charge in [-0.3, -0.25) is 15.6 Å². The lowest BCUT2D eigenvalue weighted by Crippen LogP contribution is -2.38. The fourth-order valence-electron chi connectivity index (χ4n) is 3.89. The molecule has 3 nitrogen and oxygen atoms in total. The van der Waals surface area contributed by atoms with Crippen molar-refractivity contribution in [3.63, 3.8) is 0 Å². The number of rotatable bonds is 7. The van der Waals surface area contributed by atoms with E-state index in [0.717, 1.165) is 12.0 Å². The van der Waals surface area contributed by atoms with Crippen LogP contribution in [0.3, 0.4) is 0 Å². The maximum Gasteiger partial charge on any atom is 0.242 e. The summed E-state index contributed by atoms with van der Waals surface area (Å²) in [6.45, 7) is 3.96. The lowest BCUT2D eigenvalue weighted by Gasteiger charge is -2.19. The van der Waals surface area contributed by atoms with Crippen LogP contribution in [-0.4, -0.2) is 5.91 Å². The average Bonchev–Trinajstić information content (AvgIpc) is 3.55. The van der Waals surface area contributed by atoms with E-state index in [2.05, 4.69) is 41.7 Å². The standard InChI is InChI=1S/C26H24N2O/c1-20(17-18-21-11-5-2-6-12-21)27-28-25(29)24-19-26(24,22-13-7-3-8-14-22)23-15-9-4-10-16-23/h2-18,24,27H,1,19H2,(H,28,29)/b18-17+/t24-/m0/s1. The van der Waals surface area contributed by atoms with Gasteiger partial charge in [0.2, 0.25) is 5.91 Å². The van der Waals surface area contributed by atoms with Crippen LogP contribution in [-0.2, 0) is 10.2 Å². The van der Waals surface area contributed by atoms with E-state index in [0.29, 0.717) is 5.70 Å². The molecule has 1 amide bonds. The maximum absolute atomic E-state index is 12.9. The molecule has 3 heteroatoms. The van der Waals surface area contributed by atoms with Crippen molar-refractivity contribution in [2.24, 2.45) is 5.92 Å². The molecule has 0 aliphatic heterocycles. The van der Waals surface area contributed by atoms with Crippen LogP contribution < -0.4 is 10.9 Å². The molecule has 3 aromatic rings. The Balaban J connectivity index is 1.44. The number of hydrogen-bond acceptors (Lipinski definition) is 2. The highest BCUT2D eigenvalue weighted by molar-refractivity contribution is 5.85. The topological polar surface area (TPSA) is 41.1 Å². The van der Waals surface area contributed by atoms with Gasteiger partial charge in [-0.25, -0.2) is 0 Å². The third-order valence-electron chi connectivity index (χ3n) is 5.48. The predicted octanol–water partition coefficient (Wildman–Crippen LogP) is 4.84. The summed E-state index contributed by atoms with van der Waals surface area (Å²) < 4.78 is 0. The highest BCUT2D eigenvalue weighted by Gasteiger charge is 2.60. The minimum Gasteiger partial charge on any atom is -0.299 e. The summed E-state index contributed by atoms with van der Waals surface area (Å²) >= 11 is 0. The van der Waals surface area contributed by atoms with Crippen LogP contribution in [0.15, 0.2) is 109 Å². The third-order valence-corrected chi connectivity index (χ3v) is 5.48. The van der Waals surface area contributed by atoms with E-state index in [-0.39, 0.29) is 17.2 Å². The van der Waals surface area contributed by atoms with Gasteiger partial charge in [-0.2, -0.15) is 0 Å². The van der Waals surface area contributed by atoms with Crippen LogP contribution in [0, 0.1) is 5.92 Å². The number of carbonyl (C=O) groups is 1. The second kappa shape index (κ2) is 8.19. The van der Waals surface area contributed by atoms with Crippen molar-refractivity contribution in [1.29, 1.82) is 0 Å². The third kappa shape index (κ3) is 3.99. The van der Waals surface area contributed by atoms with Crippen LogP contribution in [0.1, 0.15) is 23.1 Å². The zero-order valence-electron chi connectivity index (χ0n) is 16.2. The number of hydrogen-bond donors (Lipinski definition) is 2. The normalized spacial score (nSPS) is 16.9. The zero-order chi connectivity index (χ0) is 20.1. The van der Waals surface area contributed by atoms with Gasteiger partial charge in [0.05, 0.1) is 5.92 Å². The Hall–Kier alpha value is -3.59. The monoisotopic (exact) mass is 380 g/mol. The lowest BCUT2D eigenvalue weighted by atomic mass is 9.85. The average molecular weight is 380 g/mol. The predicted molar refractivity (Wildman–Crippen MR) is 118 cm³/mol. The molecule has 1 fully saturated rings. The molecule has 1 atom stereocenters. The number of nitrogens with one attached hydrogen (secondary N) is 2. The summed E-state index contributed by atoms with van der Waals surface area (Å²) in [5.74, 6) is -0.141. The molecule has 0 spiro atoms. The van der Waals surface area contributed by atoms with Crippen LogP contribution >= 0.6 is 0 Å². The van der Waals surface area contributed by atoms with E-state index >= 15 is 0 Å². The first kappa shape index (κ1) is 18.8. The quantitative estimate of drug-likeness (QED) is 0.455. The van der Waals surface area contributed by atoms with Crippen LogP contribution in [0.2, 0.25) is 0 Å². The number of benzene rings is 3. The summed E-state index contributed by atoms with van der Waals surface area (Å²) in [5, 5.41) is 0. The lowest BCUT2D eigenvalue weighted by molar-refractivity contribution is -0.123. The summed E-state index contributed by atoms with van der Waals surface area (Å²) in [6.07, 6.45) is 4.60. The molecule has 1 saturated carbocycles. The summed E-state index contributed by atoms with van der Waals surface area (Å²) in [5.41, 5.74) is 9.56. The fraction of sp³-hybridized carbons (Fsp3) is 0.115. The van der Waals surface area contributed by atoms with Gasteiger partial charge in [0, 0.05) is 11.1 Å². The summed E-state index contributed by atoms with van der Waals surface area (Å²) in [4.78, 5) is 12.9. The molecule has 0 unspecified atom stereocenters. The van der Waals surface area contributed by atoms with Crippen molar-refractivity contribution in [3.8, 4) is 0 Å². The number of allylic oxidation sites excluding steroid dienone is 1. The largest absolute Gasteiger partial charge is 0.299 e. The molecule has 0 saturated heterocycles. The summed E-state index contributed by atoms with van der Waals surface area (Å²) in [7, 11) is 0. The first-order valence-electron chi connectivity index (χ1n) is 9.79. The molecule has 29 heavy (non-hydrogen) atoms. The Kier molecular flexibility index (Phi) is 5.30. The van der Waals surface area contributed by atoms with Crippen molar-refractivity contribution >= 4 is 12.0 Å². The van der Waals surface area contributed by atoms with Crippen molar-refractivity contribution in [3.05, 3.63) is 126 Å². The Morgan fingerprint density at radius 1 is 0.828 bits per heavy atom. The molecule has 0 heterocycles. The van der Waals surface area contributed by atoms with E-state index in [1.807, 2.05) is 78.9 Å². The van der Waals surface area contributed by atoms with Crippen LogP contribution in [0.25, 0.3) is 6.08 Å². The molecule has 2 N–H and O–H groups in total. The highest BCUT2D eigenvalue weighted by Crippen LogP contribution is 2.58. The number of carbonyl (C=O) groups excluding carboxylic acids is 1. The van der Waals surface area contributed by atoms with E-state index < -0.39 is 0 Å². The molecule has 1 aliphatic carbocycles. The molecular formula is C26H24N2O. The zero-order valence-corrected chi connectivity index (χ0v) is 16.2. The molecule has 0 radical (unpaired) electrons. The maximum atomic E-state index is 12.9. The molecule has 0 bridgehead atoms. The number of amides is 1.